The first kappa shape index (κ1) is 11.2. The van der Waals surface area contributed by atoms with Crippen molar-refractivity contribution in [2.75, 3.05) is 0 Å². The second-order valence-corrected chi connectivity index (χ2v) is 3.78. The van der Waals surface area contributed by atoms with Gasteiger partial charge in [0.2, 0.25) is 0 Å². The summed E-state index contributed by atoms with van der Waals surface area (Å²) in [5, 5.41) is 3.46. The van der Waals surface area contributed by atoms with Crippen molar-refractivity contribution in [3.8, 4) is 0 Å². The molecule has 0 atom stereocenters. The van der Waals surface area contributed by atoms with Crippen LogP contribution >= 0.6 is 0 Å². The number of nitrogens with one attached hydrogen (secondary N) is 1. The van der Waals surface area contributed by atoms with Crippen LogP contribution < -0.4 is 11.1 Å². The maximum Gasteiger partial charge on any atom is 0.312 e. The normalized spacial score (nSPS) is 10.4. The van der Waals surface area contributed by atoms with Gasteiger partial charge in [-0.1, -0.05) is 18.2 Å². The van der Waals surface area contributed by atoms with Crippen molar-refractivity contribution < 1.29 is 9.59 Å². The molecular weight excluding hydrogens is 218 g/mol. The molecule has 1 heterocycles. The van der Waals surface area contributed by atoms with E-state index in [1.165, 1.54) is 0 Å². The summed E-state index contributed by atoms with van der Waals surface area (Å²) in [6.07, 6.45) is 0.790. The third-order valence-corrected chi connectivity index (χ3v) is 2.81. The maximum atomic E-state index is 11.1. The highest BCUT2D eigenvalue weighted by Crippen LogP contribution is 2.23. The number of hydrogen-bond donors (Lipinski definition) is 2. The van der Waals surface area contributed by atoms with Gasteiger partial charge in [0.05, 0.1) is 5.69 Å². The molecule has 0 bridgehead atoms. The van der Waals surface area contributed by atoms with Gasteiger partial charge in [0.25, 0.3) is 0 Å². The Morgan fingerprint density at radius 3 is 2.82 bits per heavy atom. The summed E-state index contributed by atoms with van der Waals surface area (Å²) in [4.78, 5) is 21.8. The summed E-state index contributed by atoms with van der Waals surface area (Å²) in [7, 11) is 1.82. The molecule has 0 radical (unpaired) electrons. The van der Waals surface area contributed by atoms with Crippen LogP contribution in [0.15, 0.2) is 24.3 Å². The molecule has 2 rings (SSSR count). The van der Waals surface area contributed by atoms with Crippen LogP contribution in [0.2, 0.25) is 0 Å². The lowest BCUT2D eigenvalue weighted by atomic mass is 10.1. The Morgan fingerprint density at radius 1 is 1.47 bits per heavy atom. The fourth-order valence-electron chi connectivity index (χ4n) is 2.00. The van der Waals surface area contributed by atoms with Crippen LogP contribution in [0, 0.1) is 0 Å². The minimum Gasteiger partial charge on any atom is -0.352 e. The molecule has 88 valence electrons. The van der Waals surface area contributed by atoms with Crippen molar-refractivity contribution in [2.24, 2.45) is 12.8 Å². The van der Waals surface area contributed by atoms with E-state index in [0.29, 0.717) is 5.69 Å². The standard InChI is InChI=1S/C12H13N3O2/c1-15-10-5-3-2-4-8(10)9(11(15)7-16)6-14-12(13)17/h2-5,7H,6H2,1H3,(H3,13,14,17). The van der Waals surface area contributed by atoms with E-state index in [2.05, 4.69) is 5.32 Å². The predicted octanol–water partition coefficient (Wildman–Crippen LogP) is 1.16. The summed E-state index contributed by atoms with van der Waals surface area (Å²) >= 11 is 0. The van der Waals surface area contributed by atoms with Crippen molar-refractivity contribution in [2.45, 2.75) is 6.54 Å². The molecule has 0 saturated heterocycles. The quantitative estimate of drug-likeness (QED) is 0.777. The van der Waals surface area contributed by atoms with E-state index >= 15 is 0 Å². The number of aldehydes is 1. The number of benzene rings is 1. The number of para-hydroxylation sites is 1. The lowest BCUT2D eigenvalue weighted by Crippen LogP contribution is -2.29. The molecule has 5 heteroatoms. The average molecular weight is 231 g/mol. The minimum absolute atomic E-state index is 0.255. The summed E-state index contributed by atoms with van der Waals surface area (Å²) in [5.74, 6) is 0. The highest BCUT2D eigenvalue weighted by molar-refractivity contribution is 5.93. The molecule has 2 amide bonds. The predicted molar refractivity (Wildman–Crippen MR) is 64.7 cm³/mol. The maximum absolute atomic E-state index is 11.1. The number of rotatable bonds is 3. The van der Waals surface area contributed by atoms with Crippen LogP contribution in [-0.2, 0) is 13.6 Å². The number of primary amides is 1. The van der Waals surface area contributed by atoms with Gasteiger partial charge in [0.1, 0.15) is 0 Å². The first-order valence-corrected chi connectivity index (χ1v) is 5.20. The molecule has 0 aliphatic carbocycles. The fourth-order valence-corrected chi connectivity index (χ4v) is 2.00. The number of carbonyl (C=O) groups is 2. The van der Waals surface area contributed by atoms with E-state index in [9.17, 15) is 9.59 Å². The molecule has 1 aromatic carbocycles. The number of fused-ring (bicyclic) bond motifs is 1. The van der Waals surface area contributed by atoms with Crippen LogP contribution in [-0.4, -0.2) is 16.9 Å². The molecule has 2 aromatic rings. The zero-order valence-electron chi connectivity index (χ0n) is 9.43. The van der Waals surface area contributed by atoms with Crippen LogP contribution in [0.25, 0.3) is 10.9 Å². The summed E-state index contributed by atoms with van der Waals surface area (Å²) in [5.41, 5.74) is 7.34. The van der Waals surface area contributed by atoms with Crippen LogP contribution in [0.5, 0.6) is 0 Å². The molecule has 0 spiro atoms. The lowest BCUT2D eigenvalue weighted by molar-refractivity contribution is 0.111. The van der Waals surface area contributed by atoms with Gasteiger partial charge < -0.3 is 15.6 Å². The first-order valence-electron chi connectivity index (χ1n) is 5.20. The van der Waals surface area contributed by atoms with E-state index < -0.39 is 6.03 Å². The molecule has 0 aliphatic rings. The number of hydrogen-bond acceptors (Lipinski definition) is 2. The zero-order valence-corrected chi connectivity index (χ0v) is 9.43. The Morgan fingerprint density at radius 2 is 2.18 bits per heavy atom. The fraction of sp³-hybridized carbons (Fsp3) is 0.167. The smallest absolute Gasteiger partial charge is 0.312 e. The van der Waals surface area contributed by atoms with Crippen LogP contribution in [0.3, 0.4) is 0 Å². The SMILES string of the molecule is Cn1c(C=O)c(CNC(N)=O)c2ccccc21. The molecule has 1 aromatic heterocycles. The molecule has 0 aliphatic heterocycles. The van der Waals surface area contributed by atoms with Gasteiger partial charge in [0, 0.05) is 30.1 Å². The monoisotopic (exact) mass is 231 g/mol. The Bertz CT molecular complexity index is 587. The molecular formula is C12H13N3O2. The van der Waals surface area contributed by atoms with E-state index in [-0.39, 0.29) is 6.54 Å². The van der Waals surface area contributed by atoms with Crippen LogP contribution in [0.4, 0.5) is 4.79 Å². The van der Waals surface area contributed by atoms with Gasteiger partial charge >= 0.3 is 6.03 Å². The molecule has 0 fully saturated rings. The average Bonchev–Trinajstić information content (AvgIpc) is 2.60. The number of urea groups is 1. The van der Waals surface area contributed by atoms with Crippen molar-refractivity contribution >= 4 is 23.2 Å². The Balaban J connectivity index is 2.58. The van der Waals surface area contributed by atoms with Gasteiger partial charge in [-0.05, 0) is 6.07 Å². The van der Waals surface area contributed by atoms with Gasteiger partial charge in [-0.15, -0.1) is 0 Å². The van der Waals surface area contributed by atoms with E-state index in [4.69, 9.17) is 5.73 Å². The van der Waals surface area contributed by atoms with Crippen molar-refractivity contribution in [3.63, 3.8) is 0 Å². The van der Waals surface area contributed by atoms with Gasteiger partial charge in [-0.25, -0.2) is 4.79 Å². The molecule has 17 heavy (non-hydrogen) atoms. The number of aromatic nitrogens is 1. The number of nitrogens with zero attached hydrogens (tertiary/aromatic N) is 1. The number of carbonyl (C=O) groups excluding carboxylic acids is 2. The third kappa shape index (κ3) is 1.87. The van der Waals surface area contributed by atoms with Crippen molar-refractivity contribution in [1.82, 2.24) is 9.88 Å². The molecule has 3 N–H and O–H groups in total. The van der Waals surface area contributed by atoms with Gasteiger partial charge in [0.15, 0.2) is 6.29 Å². The van der Waals surface area contributed by atoms with Crippen molar-refractivity contribution in [3.05, 3.63) is 35.5 Å². The van der Waals surface area contributed by atoms with Crippen LogP contribution in [0.1, 0.15) is 16.1 Å². The minimum atomic E-state index is -0.602. The topological polar surface area (TPSA) is 77.1 Å². The van der Waals surface area contributed by atoms with Gasteiger partial charge in [-0.3, -0.25) is 4.79 Å². The lowest BCUT2D eigenvalue weighted by Gasteiger charge is -2.02. The third-order valence-electron chi connectivity index (χ3n) is 2.81. The molecule has 0 saturated carbocycles. The van der Waals surface area contributed by atoms with E-state index in [0.717, 1.165) is 22.8 Å². The van der Waals surface area contributed by atoms with Gasteiger partial charge in [-0.2, -0.15) is 0 Å². The Kier molecular flexibility index (Phi) is 2.82. The summed E-state index contributed by atoms with van der Waals surface area (Å²) in [6, 6.07) is 7.04. The summed E-state index contributed by atoms with van der Waals surface area (Å²) in [6.45, 7) is 0.255. The van der Waals surface area contributed by atoms with E-state index in [1.807, 2.05) is 31.3 Å². The summed E-state index contributed by atoms with van der Waals surface area (Å²) < 4.78 is 1.81. The second-order valence-electron chi connectivity index (χ2n) is 3.78. The second kappa shape index (κ2) is 4.29. The molecule has 5 nitrogen and oxygen atoms in total. The largest absolute Gasteiger partial charge is 0.352 e. The highest BCUT2D eigenvalue weighted by Gasteiger charge is 2.13. The highest BCUT2D eigenvalue weighted by atomic mass is 16.2. The number of aryl methyl sites for hydroxylation is 1. The van der Waals surface area contributed by atoms with E-state index in [1.54, 1.807) is 4.57 Å². The number of nitrogens with two attached hydrogens (primary N) is 1. The Labute approximate surface area is 98.2 Å². The van der Waals surface area contributed by atoms with Crippen molar-refractivity contribution in [1.29, 1.82) is 0 Å². The molecule has 0 unspecified atom stereocenters. The first-order chi connectivity index (χ1) is 8.15. The zero-order chi connectivity index (χ0) is 12.4. The number of amides is 2. The Hall–Kier alpha value is -2.30.